The lowest BCUT2D eigenvalue weighted by molar-refractivity contribution is -0.870. The number of phosphoric acid groups is 1. The number of allylic oxidation sites excluding steroid dienone is 15. The van der Waals surface area contributed by atoms with Gasteiger partial charge in [-0.1, -0.05) is 240 Å². The Morgan fingerprint density at radius 1 is 0.468 bits per heavy atom. The summed E-state index contributed by atoms with van der Waals surface area (Å²) in [5.74, 6) is -0.583. The maximum Gasteiger partial charge on any atom is 0.306 e. The number of esters is 1. The summed E-state index contributed by atoms with van der Waals surface area (Å²) in [5, 5.41) is 3.01. The predicted octanol–water partition coefficient (Wildman–Crippen LogP) is 18.9. The van der Waals surface area contributed by atoms with Crippen LogP contribution in [0.5, 0.6) is 0 Å². The molecule has 0 radical (unpaired) electrons. The van der Waals surface area contributed by atoms with Crippen molar-refractivity contribution in [2.24, 2.45) is 0 Å². The third kappa shape index (κ3) is 57.4. The fourth-order valence-electron chi connectivity index (χ4n) is 8.64. The van der Waals surface area contributed by atoms with E-state index in [1.807, 2.05) is 33.3 Å². The molecule has 0 aromatic rings. The molecule has 0 heterocycles. The topological polar surface area (TPSA) is 114 Å². The van der Waals surface area contributed by atoms with Gasteiger partial charge in [-0.15, -0.1) is 0 Å². The molecular weight excluding hydrogens is 976 g/mol. The van der Waals surface area contributed by atoms with Crippen LogP contribution in [0.3, 0.4) is 0 Å². The molecule has 0 aromatic carbocycles. The van der Waals surface area contributed by atoms with Crippen molar-refractivity contribution in [3.63, 3.8) is 0 Å². The Morgan fingerprint density at radius 3 is 1.29 bits per heavy atom. The standard InChI is InChI=1S/C67H119N2O7P/c1-7-10-13-16-19-22-25-27-29-31-33-34-36-38-40-42-45-48-51-54-57-60-67(71)76-65(58-55-52-49-46-43-24-21-18-15-12-9-3)64(63-75-77(72,73)74-62-61-69(4,5)6)68-66(70)59-56-53-50-47-44-41-39-37-35-32-30-28-26-23-20-17-14-11-8-2/h11,14,19-20,22-23,27-30,35,37,41,44,55,58,64-65H,7-10,12-13,15-18,21,24-26,31-34,36,38-40,42-43,45-54,56-57,59-63H2,1-6H3,(H-,68,70,72,73)/b14-11-,22-19-,23-20-,29-27-,30-28-,37-35-,44-41-,58-55+. The van der Waals surface area contributed by atoms with E-state index in [0.717, 1.165) is 103 Å². The van der Waals surface area contributed by atoms with Crippen LogP contribution in [0.2, 0.25) is 0 Å². The van der Waals surface area contributed by atoms with Crippen molar-refractivity contribution >= 4 is 19.7 Å². The van der Waals surface area contributed by atoms with Crippen molar-refractivity contribution in [3.05, 3.63) is 97.2 Å². The number of hydrogen-bond acceptors (Lipinski definition) is 7. The second-order valence-electron chi connectivity index (χ2n) is 22.2. The van der Waals surface area contributed by atoms with Gasteiger partial charge in [0.2, 0.25) is 5.91 Å². The maximum absolute atomic E-state index is 13.5. The van der Waals surface area contributed by atoms with E-state index in [0.29, 0.717) is 17.4 Å². The molecule has 0 aromatic heterocycles. The van der Waals surface area contributed by atoms with Crippen molar-refractivity contribution in [2.45, 2.75) is 277 Å². The lowest BCUT2D eigenvalue weighted by atomic mass is 10.0. The molecule has 3 atom stereocenters. The van der Waals surface area contributed by atoms with Gasteiger partial charge >= 0.3 is 5.97 Å². The molecular formula is C67H119N2O7P. The van der Waals surface area contributed by atoms with Gasteiger partial charge in [0.05, 0.1) is 33.8 Å². The van der Waals surface area contributed by atoms with Gasteiger partial charge < -0.3 is 28.5 Å². The third-order valence-electron chi connectivity index (χ3n) is 13.5. The monoisotopic (exact) mass is 1090 g/mol. The molecule has 0 saturated heterocycles. The number of ether oxygens (including phenoxy) is 1. The van der Waals surface area contributed by atoms with Crippen molar-refractivity contribution in [1.82, 2.24) is 5.32 Å². The lowest BCUT2D eigenvalue weighted by Crippen LogP contribution is -2.47. The van der Waals surface area contributed by atoms with Crippen molar-refractivity contribution in [3.8, 4) is 0 Å². The van der Waals surface area contributed by atoms with Gasteiger partial charge in [-0.25, -0.2) is 0 Å². The Balaban J connectivity index is 5.25. The lowest BCUT2D eigenvalue weighted by Gasteiger charge is -2.30. The van der Waals surface area contributed by atoms with E-state index in [2.05, 4.69) is 111 Å². The molecule has 0 saturated carbocycles. The molecule has 0 rings (SSSR count). The summed E-state index contributed by atoms with van der Waals surface area (Å²) in [4.78, 5) is 40.0. The number of unbranched alkanes of at least 4 members (excludes halogenated alkanes) is 26. The van der Waals surface area contributed by atoms with Crippen LogP contribution in [-0.2, 0) is 27.9 Å². The van der Waals surface area contributed by atoms with Crippen LogP contribution in [0.4, 0.5) is 0 Å². The Kier molecular flexibility index (Phi) is 54.0. The molecule has 444 valence electrons. The highest BCUT2D eigenvalue weighted by Gasteiger charge is 2.27. The smallest absolute Gasteiger partial charge is 0.306 e. The number of phosphoric ester groups is 1. The van der Waals surface area contributed by atoms with Gasteiger partial charge in [0, 0.05) is 12.8 Å². The number of amides is 1. The molecule has 0 aliphatic carbocycles. The average molecular weight is 1100 g/mol. The van der Waals surface area contributed by atoms with Crippen molar-refractivity contribution in [1.29, 1.82) is 0 Å². The summed E-state index contributed by atoms with van der Waals surface area (Å²) in [6, 6.07) is -0.911. The summed E-state index contributed by atoms with van der Waals surface area (Å²) < 4.78 is 30.3. The second-order valence-corrected chi connectivity index (χ2v) is 23.6. The Labute approximate surface area is 475 Å². The number of quaternary nitrogens is 1. The SMILES string of the molecule is CC/C=C\C/C=C\C/C=C\C/C=C\C/C=C\CCCCCC(=O)NC(COP(=O)([O-])OCC[N+](C)(C)C)C(/C=C/CCCCCCCCCCC)OC(=O)CCCCCCCCCCCCC/C=C\C/C=C\CCCCC. The highest BCUT2D eigenvalue weighted by atomic mass is 31.2. The molecule has 3 unspecified atom stereocenters. The molecule has 77 heavy (non-hydrogen) atoms. The Morgan fingerprint density at radius 2 is 0.831 bits per heavy atom. The van der Waals surface area contributed by atoms with Crippen LogP contribution in [0, 0.1) is 0 Å². The van der Waals surface area contributed by atoms with Gasteiger partial charge in [-0.3, -0.25) is 14.2 Å². The first kappa shape index (κ1) is 73.9. The zero-order chi connectivity index (χ0) is 56.4. The van der Waals surface area contributed by atoms with Crippen LogP contribution >= 0.6 is 7.82 Å². The molecule has 1 N–H and O–H groups in total. The molecule has 0 spiro atoms. The highest BCUT2D eigenvalue weighted by Crippen LogP contribution is 2.38. The number of carbonyl (C=O) groups is 2. The summed E-state index contributed by atoms with van der Waals surface area (Å²) in [6.07, 6.45) is 75.2. The zero-order valence-corrected chi connectivity index (χ0v) is 51.5. The van der Waals surface area contributed by atoms with Gasteiger partial charge in [0.15, 0.2) is 0 Å². The van der Waals surface area contributed by atoms with E-state index in [1.54, 1.807) is 0 Å². The highest BCUT2D eigenvalue weighted by molar-refractivity contribution is 7.45. The number of carbonyl (C=O) groups excluding carboxylic acids is 2. The van der Waals surface area contributed by atoms with E-state index in [-0.39, 0.29) is 31.3 Å². The first-order valence-electron chi connectivity index (χ1n) is 31.5. The van der Waals surface area contributed by atoms with Gasteiger partial charge in [0.1, 0.15) is 19.3 Å². The number of nitrogens with zero attached hydrogens (tertiary/aromatic N) is 1. The van der Waals surface area contributed by atoms with E-state index in [4.69, 9.17) is 13.8 Å². The van der Waals surface area contributed by atoms with Crippen LogP contribution in [0.15, 0.2) is 97.2 Å². The van der Waals surface area contributed by atoms with Crippen LogP contribution in [-0.4, -0.2) is 69.4 Å². The summed E-state index contributed by atoms with van der Waals surface area (Å²) >= 11 is 0. The fraction of sp³-hybridized carbons (Fsp3) is 0.731. The molecule has 10 heteroatoms. The predicted molar refractivity (Wildman–Crippen MR) is 330 cm³/mol. The van der Waals surface area contributed by atoms with Gasteiger partial charge in [-0.05, 0) is 109 Å². The molecule has 0 bridgehead atoms. The van der Waals surface area contributed by atoms with E-state index in [1.165, 1.54) is 122 Å². The normalized spacial score (nSPS) is 14.3. The number of nitrogens with one attached hydrogen (secondary N) is 1. The number of likely N-dealkylation sites (N-methyl/N-ethyl adjacent to an activating group) is 1. The van der Waals surface area contributed by atoms with Gasteiger partial charge in [-0.2, -0.15) is 0 Å². The minimum atomic E-state index is -4.71. The molecule has 0 aliphatic rings. The van der Waals surface area contributed by atoms with E-state index < -0.39 is 26.6 Å². The number of rotatable bonds is 56. The van der Waals surface area contributed by atoms with E-state index >= 15 is 0 Å². The first-order chi connectivity index (χ1) is 37.4. The van der Waals surface area contributed by atoms with Crippen molar-refractivity contribution in [2.75, 3.05) is 40.9 Å². The molecule has 0 fully saturated rings. The second kappa shape index (κ2) is 56.2. The molecule has 1 amide bonds. The fourth-order valence-corrected chi connectivity index (χ4v) is 9.36. The number of hydrogen-bond donors (Lipinski definition) is 1. The molecule has 9 nitrogen and oxygen atoms in total. The Bertz CT molecular complexity index is 1640. The summed E-state index contributed by atoms with van der Waals surface area (Å²) in [7, 11) is 1.15. The largest absolute Gasteiger partial charge is 0.756 e. The maximum atomic E-state index is 13.5. The zero-order valence-electron chi connectivity index (χ0n) is 50.6. The van der Waals surface area contributed by atoms with E-state index in [9.17, 15) is 19.0 Å². The Hall–Kier alpha value is -3.07. The summed E-state index contributed by atoms with van der Waals surface area (Å²) in [5.41, 5.74) is 0. The minimum Gasteiger partial charge on any atom is -0.756 e. The van der Waals surface area contributed by atoms with Crippen molar-refractivity contribution < 1.29 is 37.3 Å². The van der Waals surface area contributed by atoms with Gasteiger partial charge in [0.25, 0.3) is 7.82 Å². The van der Waals surface area contributed by atoms with Crippen LogP contribution in [0.25, 0.3) is 0 Å². The minimum absolute atomic E-state index is 0.0335. The van der Waals surface area contributed by atoms with Crippen LogP contribution in [0.1, 0.15) is 265 Å². The quantitative estimate of drug-likeness (QED) is 0.0212. The first-order valence-corrected chi connectivity index (χ1v) is 33.0. The molecule has 0 aliphatic heterocycles. The average Bonchev–Trinajstić information content (AvgIpc) is 3.39. The third-order valence-corrected chi connectivity index (χ3v) is 14.5. The van der Waals surface area contributed by atoms with Crippen LogP contribution < -0.4 is 10.2 Å². The summed E-state index contributed by atoms with van der Waals surface area (Å²) in [6.45, 7) is 6.67.